The molecule has 0 heterocycles. The minimum atomic E-state index is -0.530. The minimum Gasteiger partial charge on any atom is -0.466 e. The highest BCUT2D eigenvalue weighted by molar-refractivity contribution is 5.77. The molecule has 0 unspecified atom stereocenters. The van der Waals surface area contributed by atoms with E-state index in [9.17, 15) is 9.59 Å². The summed E-state index contributed by atoms with van der Waals surface area (Å²) in [6, 6.07) is 0.0656. The van der Waals surface area contributed by atoms with Gasteiger partial charge in [-0.2, -0.15) is 0 Å². The van der Waals surface area contributed by atoms with E-state index in [1.807, 2.05) is 39.5 Å². The van der Waals surface area contributed by atoms with Crippen LogP contribution in [-0.4, -0.2) is 55.0 Å². The van der Waals surface area contributed by atoms with Gasteiger partial charge in [-0.05, 0) is 65.7 Å². The number of hydrogen-bond acceptors (Lipinski definition) is 5. The number of carbonyl (C=O) groups excluding carboxylic acids is 2. The molecule has 25 heavy (non-hydrogen) atoms. The van der Waals surface area contributed by atoms with Crippen molar-refractivity contribution < 1.29 is 23.8 Å². The number of nitrogens with zero attached hydrogens (tertiary/aromatic N) is 1. The van der Waals surface area contributed by atoms with Crippen molar-refractivity contribution in [1.82, 2.24) is 4.90 Å². The lowest BCUT2D eigenvalue weighted by atomic mass is 10.1. The molecule has 2 rings (SSSR count). The fourth-order valence-corrected chi connectivity index (χ4v) is 3.98. The second kappa shape index (κ2) is 8.39. The predicted molar refractivity (Wildman–Crippen MR) is 94.2 cm³/mol. The molecule has 0 N–H and O–H groups in total. The summed E-state index contributed by atoms with van der Waals surface area (Å²) in [6.07, 6.45) is 2.39. The normalized spacial score (nSPS) is 27.6. The Labute approximate surface area is 151 Å². The van der Waals surface area contributed by atoms with Crippen LogP contribution in [0.4, 0.5) is 4.79 Å². The molecule has 0 saturated heterocycles. The second-order valence-electron chi connectivity index (χ2n) is 7.89. The first-order valence-electron chi connectivity index (χ1n) is 9.54. The number of amides is 1. The standard InChI is InChI=1S/C19H33NO5/c1-6-23-12-8-11-20(18(22)25-19(3,4)5)14-10-9-13-15(14)16(13)17(21)24-7-2/h13-16H,6-12H2,1-5H3/t13-,14-,15-,16+/m1/s1. The summed E-state index contributed by atoms with van der Waals surface area (Å²) >= 11 is 0. The molecule has 2 saturated carbocycles. The third kappa shape index (κ3) is 5.09. The van der Waals surface area contributed by atoms with E-state index in [0.29, 0.717) is 32.3 Å². The monoisotopic (exact) mass is 355 g/mol. The zero-order chi connectivity index (χ0) is 18.6. The number of esters is 1. The van der Waals surface area contributed by atoms with Gasteiger partial charge in [0.1, 0.15) is 5.60 Å². The van der Waals surface area contributed by atoms with Crippen molar-refractivity contribution in [1.29, 1.82) is 0 Å². The number of ether oxygens (including phenoxy) is 3. The lowest BCUT2D eigenvalue weighted by molar-refractivity contribution is -0.145. The van der Waals surface area contributed by atoms with Crippen LogP contribution >= 0.6 is 0 Å². The third-order valence-electron chi connectivity index (χ3n) is 4.95. The number of fused-ring (bicyclic) bond motifs is 1. The first-order valence-corrected chi connectivity index (χ1v) is 9.54. The summed E-state index contributed by atoms with van der Waals surface area (Å²) in [7, 11) is 0. The van der Waals surface area contributed by atoms with Gasteiger partial charge in [-0.3, -0.25) is 4.79 Å². The highest BCUT2D eigenvalue weighted by atomic mass is 16.6. The Balaban J connectivity index is 2.02. The molecule has 6 nitrogen and oxygen atoms in total. The predicted octanol–water partition coefficient (Wildman–Crippen LogP) is 3.24. The molecule has 0 aliphatic heterocycles. The Morgan fingerprint density at radius 3 is 2.44 bits per heavy atom. The van der Waals surface area contributed by atoms with Crippen molar-refractivity contribution in [3.63, 3.8) is 0 Å². The van der Waals surface area contributed by atoms with Gasteiger partial charge < -0.3 is 19.1 Å². The Hall–Kier alpha value is -1.30. The SMILES string of the molecule is CCOCCCN(C(=O)OC(C)(C)C)[C@@H]1CC[C@H]2[C@H](C(=O)OCC)[C@H]21. The third-order valence-corrected chi connectivity index (χ3v) is 4.95. The van der Waals surface area contributed by atoms with Gasteiger partial charge in [-0.15, -0.1) is 0 Å². The van der Waals surface area contributed by atoms with Crippen LogP contribution in [0.5, 0.6) is 0 Å². The van der Waals surface area contributed by atoms with E-state index in [1.165, 1.54) is 0 Å². The molecule has 0 aromatic heterocycles. The number of rotatable bonds is 8. The molecule has 2 fully saturated rings. The summed E-state index contributed by atoms with van der Waals surface area (Å²) in [5.41, 5.74) is -0.530. The van der Waals surface area contributed by atoms with Gasteiger partial charge in [0.2, 0.25) is 0 Å². The first-order chi connectivity index (χ1) is 11.8. The van der Waals surface area contributed by atoms with E-state index in [4.69, 9.17) is 14.2 Å². The highest BCUT2D eigenvalue weighted by Crippen LogP contribution is 2.59. The Bertz CT molecular complexity index is 473. The average molecular weight is 355 g/mol. The van der Waals surface area contributed by atoms with Crippen molar-refractivity contribution in [2.75, 3.05) is 26.4 Å². The van der Waals surface area contributed by atoms with Crippen LogP contribution in [0.2, 0.25) is 0 Å². The van der Waals surface area contributed by atoms with Crippen LogP contribution in [0.3, 0.4) is 0 Å². The molecular formula is C19H33NO5. The van der Waals surface area contributed by atoms with Crippen molar-refractivity contribution in [2.24, 2.45) is 17.8 Å². The maximum Gasteiger partial charge on any atom is 0.410 e. The van der Waals surface area contributed by atoms with Crippen molar-refractivity contribution in [2.45, 2.75) is 65.5 Å². The van der Waals surface area contributed by atoms with Gasteiger partial charge in [0.15, 0.2) is 0 Å². The zero-order valence-corrected chi connectivity index (χ0v) is 16.2. The van der Waals surface area contributed by atoms with Crippen LogP contribution in [0, 0.1) is 17.8 Å². The molecule has 0 aromatic carbocycles. The Morgan fingerprint density at radius 1 is 1.12 bits per heavy atom. The molecule has 2 aliphatic rings. The largest absolute Gasteiger partial charge is 0.466 e. The molecule has 0 bridgehead atoms. The van der Waals surface area contributed by atoms with E-state index in [0.717, 1.165) is 19.3 Å². The van der Waals surface area contributed by atoms with Crippen molar-refractivity contribution >= 4 is 12.1 Å². The van der Waals surface area contributed by atoms with Gasteiger partial charge in [-0.1, -0.05) is 0 Å². The minimum absolute atomic E-state index is 0.0458. The topological polar surface area (TPSA) is 65.1 Å². The molecule has 4 atom stereocenters. The first kappa shape index (κ1) is 20.0. The summed E-state index contributed by atoms with van der Waals surface area (Å²) < 4.78 is 16.2. The molecular weight excluding hydrogens is 322 g/mol. The van der Waals surface area contributed by atoms with Gasteiger partial charge in [0, 0.05) is 25.8 Å². The Kier molecular flexibility index (Phi) is 6.72. The lowest BCUT2D eigenvalue weighted by Gasteiger charge is -2.33. The fraction of sp³-hybridized carbons (Fsp3) is 0.895. The molecule has 144 valence electrons. The van der Waals surface area contributed by atoms with Gasteiger partial charge >= 0.3 is 12.1 Å². The molecule has 2 aliphatic carbocycles. The van der Waals surface area contributed by atoms with Crippen molar-refractivity contribution in [3.05, 3.63) is 0 Å². The molecule has 1 amide bonds. The van der Waals surface area contributed by atoms with Gasteiger partial charge in [0.25, 0.3) is 0 Å². The Morgan fingerprint density at radius 2 is 1.84 bits per heavy atom. The van der Waals surface area contributed by atoms with E-state index >= 15 is 0 Å². The second-order valence-corrected chi connectivity index (χ2v) is 7.89. The van der Waals surface area contributed by atoms with Crippen LogP contribution in [0.25, 0.3) is 0 Å². The molecule has 6 heteroatoms. The number of carbonyl (C=O) groups is 2. The number of hydrogen-bond donors (Lipinski definition) is 0. The van der Waals surface area contributed by atoms with E-state index in [1.54, 1.807) is 0 Å². The molecule has 0 aromatic rings. The molecule has 0 radical (unpaired) electrons. The van der Waals surface area contributed by atoms with Gasteiger partial charge in [0.05, 0.1) is 12.5 Å². The van der Waals surface area contributed by atoms with E-state index in [2.05, 4.69) is 0 Å². The quantitative estimate of drug-likeness (QED) is 0.494. The fourth-order valence-electron chi connectivity index (χ4n) is 3.98. The van der Waals surface area contributed by atoms with Crippen LogP contribution in [0.15, 0.2) is 0 Å². The lowest BCUT2D eigenvalue weighted by Crippen LogP contribution is -2.45. The van der Waals surface area contributed by atoms with Crippen LogP contribution in [-0.2, 0) is 19.0 Å². The zero-order valence-electron chi connectivity index (χ0n) is 16.2. The van der Waals surface area contributed by atoms with Crippen LogP contribution < -0.4 is 0 Å². The maximum absolute atomic E-state index is 12.7. The average Bonchev–Trinajstić information content (AvgIpc) is 3.08. The highest BCUT2D eigenvalue weighted by Gasteiger charge is 2.64. The van der Waals surface area contributed by atoms with E-state index < -0.39 is 5.60 Å². The van der Waals surface area contributed by atoms with Crippen LogP contribution in [0.1, 0.15) is 53.9 Å². The summed E-state index contributed by atoms with van der Waals surface area (Å²) in [5.74, 6) is 0.427. The summed E-state index contributed by atoms with van der Waals surface area (Å²) in [4.78, 5) is 26.7. The summed E-state index contributed by atoms with van der Waals surface area (Å²) in [6.45, 7) is 11.7. The summed E-state index contributed by atoms with van der Waals surface area (Å²) in [5, 5.41) is 0. The smallest absolute Gasteiger partial charge is 0.410 e. The molecule has 0 spiro atoms. The van der Waals surface area contributed by atoms with Crippen molar-refractivity contribution in [3.8, 4) is 0 Å². The maximum atomic E-state index is 12.7. The van der Waals surface area contributed by atoms with E-state index in [-0.39, 0.29) is 29.9 Å². The van der Waals surface area contributed by atoms with Gasteiger partial charge in [-0.25, -0.2) is 4.79 Å².